The fraction of sp³-hybridized carbons (Fsp3) is 0.125. The van der Waals surface area contributed by atoms with Crippen molar-refractivity contribution in [2.45, 2.75) is 11.7 Å². The first-order chi connectivity index (χ1) is 15.2. The number of benzene rings is 3. The second-order valence-corrected chi connectivity index (χ2v) is 7.75. The molecule has 156 valence electrons. The van der Waals surface area contributed by atoms with Crippen molar-refractivity contribution in [2.75, 3.05) is 12.9 Å². The second-order valence-electron chi connectivity index (χ2n) is 6.80. The van der Waals surface area contributed by atoms with Gasteiger partial charge in [-0.1, -0.05) is 54.2 Å². The third-order valence-electron chi connectivity index (χ3n) is 4.72. The van der Waals surface area contributed by atoms with Gasteiger partial charge in [0.15, 0.2) is 5.16 Å². The maximum atomic E-state index is 13.2. The lowest BCUT2D eigenvalue weighted by Gasteiger charge is -2.13. The molecular formula is C24H21N3O3S. The Bertz CT molecular complexity index is 1270. The van der Waals surface area contributed by atoms with Crippen molar-refractivity contribution in [2.24, 2.45) is 0 Å². The quantitative estimate of drug-likeness (QED) is 0.356. The first-order valence-electron chi connectivity index (χ1n) is 9.75. The minimum absolute atomic E-state index is 0.140. The molecule has 7 heteroatoms. The third kappa shape index (κ3) is 4.78. The molecule has 0 fully saturated rings. The number of ether oxygens (including phenoxy) is 1. The van der Waals surface area contributed by atoms with Gasteiger partial charge in [0.05, 0.1) is 29.5 Å². The summed E-state index contributed by atoms with van der Waals surface area (Å²) in [4.78, 5) is 30.3. The molecule has 3 aromatic carbocycles. The van der Waals surface area contributed by atoms with Crippen molar-refractivity contribution >= 4 is 28.6 Å². The van der Waals surface area contributed by atoms with E-state index in [0.29, 0.717) is 28.3 Å². The molecule has 1 aromatic heterocycles. The molecular weight excluding hydrogens is 410 g/mol. The van der Waals surface area contributed by atoms with Gasteiger partial charge in [-0.05, 0) is 42.0 Å². The first-order valence-corrected chi connectivity index (χ1v) is 10.7. The van der Waals surface area contributed by atoms with E-state index in [2.05, 4.69) is 10.3 Å². The number of nitrogens with one attached hydrogen (secondary N) is 1. The molecule has 0 saturated carbocycles. The number of aromatic nitrogens is 2. The van der Waals surface area contributed by atoms with E-state index in [4.69, 9.17) is 4.74 Å². The maximum Gasteiger partial charge on any atom is 0.266 e. The van der Waals surface area contributed by atoms with E-state index in [1.54, 1.807) is 23.8 Å². The molecule has 1 amide bonds. The van der Waals surface area contributed by atoms with Crippen LogP contribution in [0.5, 0.6) is 5.75 Å². The SMILES string of the molecule is COc1cccc(CNC(=O)CSc2nc3ccccc3c(=O)n2-c2ccccc2)c1. The van der Waals surface area contributed by atoms with E-state index in [-0.39, 0.29) is 17.2 Å². The highest BCUT2D eigenvalue weighted by Gasteiger charge is 2.14. The number of hydrogen-bond donors (Lipinski definition) is 1. The molecule has 0 saturated heterocycles. The fourth-order valence-corrected chi connectivity index (χ4v) is 4.02. The standard InChI is InChI=1S/C24H21N3O3S/c1-30-19-11-7-8-17(14-19)15-25-22(28)16-31-24-26-21-13-6-5-12-20(21)23(29)27(24)18-9-3-2-4-10-18/h2-14H,15-16H2,1H3,(H,25,28). The zero-order valence-electron chi connectivity index (χ0n) is 16.9. The van der Waals surface area contributed by atoms with Crippen molar-refractivity contribution in [1.29, 1.82) is 0 Å². The molecule has 1 heterocycles. The third-order valence-corrected chi connectivity index (χ3v) is 5.65. The van der Waals surface area contributed by atoms with Crippen molar-refractivity contribution in [3.05, 3.63) is 94.8 Å². The van der Waals surface area contributed by atoms with Crippen LogP contribution in [0.2, 0.25) is 0 Å². The van der Waals surface area contributed by atoms with Crippen LogP contribution < -0.4 is 15.6 Å². The molecule has 0 atom stereocenters. The number of fused-ring (bicyclic) bond motifs is 1. The van der Waals surface area contributed by atoms with Gasteiger partial charge in [0.2, 0.25) is 5.91 Å². The number of rotatable bonds is 7. The molecule has 0 radical (unpaired) electrons. The number of carbonyl (C=O) groups is 1. The Morgan fingerprint density at radius 3 is 2.61 bits per heavy atom. The van der Waals surface area contributed by atoms with Gasteiger partial charge >= 0.3 is 0 Å². The van der Waals surface area contributed by atoms with Gasteiger partial charge in [-0.2, -0.15) is 0 Å². The monoisotopic (exact) mass is 431 g/mol. The molecule has 0 aliphatic heterocycles. The molecule has 4 aromatic rings. The van der Waals surface area contributed by atoms with Crippen LogP contribution in [0.15, 0.2) is 88.8 Å². The smallest absolute Gasteiger partial charge is 0.266 e. The van der Waals surface area contributed by atoms with Crippen LogP contribution in [0, 0.1) is 0 Å². The molecule has 31 heavy (non-hydrogen) atoms. The Hall–Kier alpha value is -3.58. The molecule has 0 bridgehead atoms. The van der Waals surface area contributed by atoms with Gasteiger partial charge in [-0.15, -0.1) is 0 Å². The maximum absolute atomic E-state index is 13.2. The van der Waals surface area contributed by atoms with Gasteiger partial charge in [-0.3, -0.25) is 14.2 Å². The van der Waals surface area contributed by atoms with Crippen LogP contribution in [0.1, 0.15) is 5.56 Å². The Balaban J connectivity index is 1.55. The predicted octanol–water partition coefficient (Wildman–Crippen LogP) is 3.80. The average Bonchev–Trinajstić information content (AvgIpc) is 2.82. The lowest BCUT2D eigenvalue weighted by Crippen LogP contribution is -2.26. The van der Waals surface area contributed by atoms with E-state index >= 15 is 0 Å². The van der Waals surface area contributed by atoms with E-state index in [0.717, 1.165) is 11.3 Å². The first kappa shape index (κ1) is 20.7. The highest BCUT2D eigenvalue weighted by Crippen LogP contribution is 2.21. The highest BCUT2D eigenvalue weighted by atomic mass is 32.2. The number of nitrogens with zero attached hydrogens (tertiary/aromatic N) is 2. The number of amides is 1. The molecule has 4 rings (SSSR count). The normalized spacial score (nSPS) is 10.7. The highest BCUT2D eigenvalue weighted by molar-refractivity contribution is 7.99. The predicted molar refractivity (Wildman–Crippen MR) is 123 cm³/mol. The summed E-state index contributed by atoms with van der Waals surface area (Å²) in [5.41, 5.74) is 2.11. The van der Waals surface area contributed by atoms with Crippen LogP contribution in [-0.4, -0.2) is 28.3 Å². The van der Waals surface area contributed by atoms with Crippen LogP contribution in [0.3, 0.4) is 0 Å². The molecule has 0 aliphatic carbocycles. The lowest BCUT2D eigenvalue weighted by atomic mass is 10.2. The Kier molecular flexibility index (Phi) is 6.33. The largest absolute Gasteiger partial charge is 0.497 e. The molecule has 0 aliphatic rings. The van der Waals surface area contributed by atoms with Crippen LogP contribution in [-0.2, 0) is 11.3 Å². The van der Waals surface area contributed by atoms with Crippen LogP contribution in [0.4, 0.5) is 0 Å². The van der Waals surface area contributed by atoms with Crippen molar-refractivity contribution in [3.8, 4) is 11.4 Å². The summed E-state index contributed by atoms with van der Waals surface area (Å²) in [6.45, 7) is 0.396. The van der Waals surface area contributed by atoms with Crippen molar-refractivity contribution < 1.29 is 9.53 Å². The molecule has 6 nitrogen and oxygen atoms in total. The van der Waals surface area contributed by atoms with Gasteiger partial charge in [0.25, 0.3) is 5.56 Å². The number of methoxy groups -OCH3 is 1. The van der Waals surface area contributed by atoms with Gasteiger partial charge in [0.1, 0.15) is 5.75 Å². The lowest BCUT2D eigenvalue weighted by molar-refractivity contribution is -0.118. The van der Waals surface area contributed by atoms with E-state index in [9.17, 15) is 9.59 Å². The molecule has 1 N–H and O–H groups in total. The number of carbonyl (C=O) groups excluding carboxylic acids is 1. The summed E-state index contributed by atoms with van der Waals surface area (Å²) in [6, 6.07) is 24.1. The summed E-state index contributed by atoms with van der Waals surface area (Å²) in [5, 5.41) is 3.92. The van der Waals surface area contributed by atoms with E-state index in [1.165, 1.54) is 11.8 Å². The van der Waals surface area contributed by atoms with Crippen molar-refractivity contribution in [3.63, 3.8) is 0 Å². The molecule has 0 spiro atoms. The average molecular weight is 432 g/mol. The minimum Gasteiger partial charge on any atom is -0.497 e. The zero-order chi connectivity index (χ0) is 21.6. The summed E-state index contributed by atoms with van der Waals surface area (Å²) in [6.07, 6.45) is 0. The number of hydrogen-bond acceptors (Lipinski definition) is 5. The Morgan fingerprint density at radius 2 is 1.81 bits per heavy atom. The van der Waals surface area contributed by atoms with Gasteiger partial charge in [0, 0.05) is 6.54 Å². The van der Waals surface area contributed by atoms with Crippen LogP contribution >= 0.6 is 11.8 Å². The zero-order valence-corrected chi connectivity index (χ0v) is 17.8. The topological polar surface area (TPSA) is 73.2 Å². The Labute approximate surface area is 183 Å². The Morgan fingerprint density at radius 1 is 1.03 bits per heavy atom. The summed E-state index contributed by atoms with van der Waals surface area (Å²) >= 11 is 1.24. The van der Waals surface area contributed by atoms with Crippen molar-refractivity contribution in [1.82, 2.24) is 14.9 Å². The van der Waals surface area contributed by atoms with Crippen LogP contribution in [0.25, 0.3) is 16.6 Å². The number of para-hydroxylation sites is 2. The summed E-state index contributed by atoms with van der Waals surface area (Å²) < 4.78 is 6.77. The van der Waals surface area contributed by atoms with Gasteiger partial charge < -0.3 is 10.1 Å². The fourth-order valence-electron chi connectivity index (χ4n) is 3.18. The number of thioether (sulfide) groups is 1. The van der Waals surface area contributed by atoms with E-state index < -0.39 is 0 Å². The summed E-state index contributed by atoms with van der Waals surface area (Å²) in [5.74, 6) is 0.741. The summed E-state index contributed by atoms with van der Waals surface area (Å²) in [7, 11) is 1.61. The van der Waals surface area contributed by atoms with Gasteiger partial charge in [-0.25, -0.2) is 4.98 Å². The van der Waals surface area contributed by atoms with E-state index in [1.807, 2.05) is 66.7 Å². The minimum atomic E-state index is -0.156. The molecule has 0 unspecified atom stereocenters. The second kappa shape index (κ2) is 9.49.